The Morgan fingerprint density at radius 2 is 2.00 bits per heavy atom. The van der Waals surface area contributed by atoms with Gasteiger partial charge in [0.2, 0.25) is 0 Å². The summed E-state index contributed by atoms with van der Waals surface area (Å²) in [7, 11) is 0. The van der Waals surface area contributed by atoms with Gasteiger partial charge in [0.15, 0.2) is 0 Å². The summed E-state index contributed by atoms with van der Waals surface area (Å²) in [5, 5.41) is 0. The number of allylic oxidation sites excluding steroid dienone is 2. The fourth-order valence-corrected chi connectivity index (χ4v) is 1.03. The normalized spacial score (nSPS) is 12.3. The lowest BCUT2D eigenvalue weighted by Crippen LogP contribution is -1.95. The van der Waals surface area contributed by atoms with E-state index in [2.05, 4.69) is 13.8 Å². The van der Waals surface area contributed by atoms with Crippen molar-refractivity contribution in [3.63, 3.8) is 0 Å². The predicted molar refractivity (Wildman–Crippen MR) is 53.1 cm³/mol. The van der Waals surface area contributed by atoms with E-state index in [1.165, 1.54) is 6.42 Å². The second-order valence-corrected chi connectivity index (χ2v) is 3.70. The minimum atomic E-state index is 0.735. The van der Waals surface area contributed by atoms with Gasteiger partial charge in [-0.15, -0.1) is 0 Å². The molecule has 0 aliphatic rings. The molecule has 1 nitrogen and oxygen atoms in total. The molecule has 0 aromatic heterocycles. The molecule has 0 saturated carbocycles. The summed E-state index contributed by atoms with van der Waals surface area (Å²) in [6, 6.07) is 0. The standard InChI is InChI=1S/C11H20O/c1-5-10(4)6-7-11(8-12)9(2)3/h8,10H,5-7H2,1-4H3. The van der Waals surface area contributed by atoms with E-state index in [9.17, 15) is 4.79 Å². The van der Waals surface area contributed by atoms with Crippen LogP contribution in [-0.2, 0) is 4.79 Å². The quantitative estimate of drug-likeness (QED) is 0.454. The van der Waals surface area contributed by atoms with Crippen LogP contribution < -0.4 is 0 Å². The fraction of sp³-hybridized carbons (Fsp3) is 0.727. The molecule has 1 heteroatoms. The molecule has 0 aliphatic carbocycles. The summed E-state index contributed by atoms with van der Waals surface area (Å²) in [4.78, 5) is 10.6. The second-order valence-electron chi connectivity index (χ2n) is 3.70. The maximum Gasteiger partial charge on any atom is 0.145 e. The summed E-state index contributed by atoms with van der Waals surface area (Å²) in [5.41, 5.74) is 2.14. The van der Waals surface area contributed by atoms with Crippen LogP contribution in [0, 0.1) is 5.92 Å². The van der Waals surface area contributed by atoms with Gasteiger partial charge in [-0.1, -0.05) is 25.8 Å². The maximum atomic E-state index is 10.6. The van der Waals surface area contributed by atoms with Crippen LogP contribution in [0.2, 0.25) is 0 Å². The van der Waals surface area contributed by atoms with Crippen LogP contribution in [0.15, 0.2) is 11.1 Å². The molecular weight excluding hydrogens is 148 g/mol. The van der Waals surface area contributed by atoms with Gasteiger partial charge < -0.3 is 0 Å². The van der Waals surface area contributed by atoms with Crippen LogP contribution >= 0.6 is 0 Å². The van der Waals surface area contributed by atoms with E-state index in [-0.39, 0.29) is 0 Å². The van der Waals surface area contributed by atoms with Crippen molar-refractivity contribution in [1.29, 1.82) is 0 Å². The van der Waals surface area contributed by atoms with Crippen LogP contribution in [0.3, 0.4) is 0 Å². The Hall–Kier alpha value is -0.590. The Morgan fingerprint density at radius 3 is 2.33 bits per heavy atom. The molecule has 0 amide bonds. The van der Waals surface area contributed by atoms with Crippen molar-refractivity contribution in [2.75, 3.05) is 0 Å². The van der Waals surface area contributed by atoms with E-state index in [0.717, 1.165) is 36.2 Å². The number of carbonyl (C=O) groups excluding carboxylic acids is 1. The Morgan fingerprint density at radius 1 is 1.42 bits per heavy atom. The number of carbonyl (C=O) groups is 1. The van der Waals surface area contributed by atoms with Crippen molar-refractivity contribution in [1.82, 2.24) is 0 Å². The third kappa shape index (κ3) is 4.32. The van der Waals surface area contributed by atoms with Gasteiger partial charge in [-0.2, -0.15) is 0 Å². The van der Waals surface area contributed by atoms with Crippen molar-refractivity contribution in [2.45, 2.75) is 47.0 Å². The van der Waals surface area contributed by atoms with E-state index in [4.69, 9.17) is 0 Å². The minimum absolute atomic E-state index is 0.735. The zero-order valence-corrected chi connectivity index (χ0v) is 8.68. The molecule has 1 unspecified atom stereocenters. The number of hydrogen-bond donors (Lipinski definition) is 0. The van der Waals surface area contributed by atoms with Gasteiger partial charge in [0.1, 0.15) is 6.29 Å². The second kappa shape index (κ2) is 5.99. The van der Waals surface area contributed by atoms with Gasteiger partial charge >= 0.3 is 0 Å². The predicted octanol–water partition coefficient (Wildman–Crippen LogP) is 3.35. The Kier molecular flexibility index (Phi) is 5.69. The van der Waals surface area contributed by atoms with Crippen molar-refractivity contribution >= 4 is 6.29 Å². The van der Waals surface area contributed by atoms with Crippen molar-refractivity contribution < 1.29 is 4.79 Å². The van der Waals surface area contributed by atoms with E-state index < -0.39 is 0 Å². The molecule has 0 N–H and O–H groups in total. The summed E-state index contributed by atoms with van der Waals surface area (Å²) in [6.07, 6.45) is 4.28. The first-order chi connectivity index (χ1) is 5.61. The van der Waals surface area contributed by atoms with Gasteiger partial charge in [0, 0.05) is 0 Å². The van der Waals surface area contributed by atoms with E-state index in [1.54, 1.807) is 0 Å². The molecule has 0 radical (unpaired) electrons. The zero-order chi connectivity index (χ0) is 9.56. The summed E-state index contributed by atoms with van der Waals surface area (Å²) >= 11 is 0. The first kappa shape index (κ1) is 11.4. The monoisotopic (exact) mass is 168 g/mol. The average Bonchev–Trinajstić information content (AvgIpc) is 2.04. The topological polar surface area (TPSA) is 17.1 Å². The van der Waals surface area contributed by atoms with Gasteiger partial charge in [0.05, 0.1) is 0 Å². The Labute approximate surface area is 75.9 Å². The van der Waals surface area contributed by atoms with Crippen LogP contribution in [0.25, 0.3) is 0 Å². The number of aldehydes is 1. The summed E-state index contributed by atoms with van der Waals surface area (Å²) in [6.45, 7) is 8.42. The number of rotatable bonds is 5. The maximum absolute atomic E-state index is 10.6. The fourth-order valence-electron chi connectivity index (χ4n) is 1.03. The Bertz CT molecular complexity index is 164. The van der Waals surface area contributed by atoms with Crippen LogP contribution in [0.4, 0.5) is 0 Å². The minimum Gasteiger partial charge on any atom is -0.298 e. The highest BCUT2D eigenvalue weighted by atomic mass is 16.1. The molecule has 0 aromatic carbocycles. The molecule has 1 atom stereocenters. The lowest BCUT2D eigenvalue weighted by atomic mass is 9.98. The van der Waals surface area contributed by atoms with Crippen LogP contribution in [0.1, 0.15) is 47.0 Å². The third-order valence-corrected chi connectivity index (χ3v) is 2.39. The molecule has 12 heavy (non-hydrogen) atoms. The van der Waals surface area contributed by atoms with Crippen molar-refractivity contribution in [3.8, 4) is 0 Å². The van der Waals surface area contributed by atoms with Crippen molar-refractivity contribution in [2.24, 2.45) is 5.92 Å². The van der Waals surface area contributed by atoms with Gasteiger partial charge in [-0.05, 0) is 38.2 Å². The largest absolute Gasteiger partial charge is 0.298 e. The molecule has 0 heterocycles. The molecule has 0 fully saturated rings. The first-order valence-electron chi connectivity index (χ1n) is 4.73. The SMILES string of the molecule is CCC(C)CCC(C=O)=C(C)C. The molecule has 0 bridgehead atoms. The molecular formula is C11H20O. The summed E-state index contributed by atoms with van der Waals surface area (Å²) < 4.78 is 0. The molecule has 0 saturated heterocycles. The van der Waals surface area contributed by atoms with E-state index in [1.807, 2.05) is 13.8 Å². The molecule has 0 rings (SSSR count). The molecule has 70 valence electrons. The summed E-state index contributed by atoms with van der Waals surface area (Å²) in [5.74, 6) is 0.735. The lowest BCUT2D eigenvalue weighted by molar-refractivity contribution is -0.105. The van der Waals surface area contributed by atoms with E-state index in [0.29, 0.717) is 0 Å². The highest BCUT2D eigenvalue weighted by Crippen LogP contribution is 2.15. The van der Waals surface area contributed by atoms with E-state index >= 15 is 0 Å². The smallest absolute Gasteiger partial charge is 0.145 e. The number of hydrogen-bond acceptors (Lipinski definition) is 1. The molecule has 0 aromatic rings. The van der Waals surface area contributed by atoms with Crippen LogP contribution in [0.5, 0.6) is 0 Å². The average molecular weight is 168 g/mol. The molecule has 0 spiro atoms. The lowest BCUT2D eigenvalue weighted by Gasteiger charge is -2.08. The van der Waals surface area contributed by atoms with Crippen molar-refractivity contribution in [3.05, 3.63) is 11.1 Å². The zero-order valence-electron chi connectivity index (χ0n) is 8.68. The highest BCUT2D eigenvalue weighted by Gasteiger charge is 2.02. The van der Waals surface area contributed by atoms with Gasteiger partial charge in [0.25, 0.3) is 0 Å². The molecule has 0 aliphatic heterocycles. The van der Waals surface area contributed by atoms with Gasteiger partial charge in [-0.25, -0.2) is 0 Å². The first-order valence-corrected chi connectivity index (χ1v) is 4.73. The Balaban J connectivity index is 3.90. The highest BCUT2D eigenvalue weighted by molar-refractivity contribution is 5.74. The van der Waals surface area contributed by atoms with Crippen LogP contribution in [-0.4, -0.2) is 6.29 Å². The van der Waals surface area contributed by atoms with Gasteiger partial charge in [-0.3, -0.25) is 4.79 Å². The third-order valence-electron chi connectivity index (χ3n) is 2.39.